The number of hydrazone groups is 1. The lowest BCUT2D eigenvalue weighted by molar-refractivity contribution is 0.121. The van der Waals surface area contributed by atoms with E-state index in [2.05, 4.69) is 35.3 Å². The molecule has 1 aromatic carbocycles. The van der Waals surface area contributed by atoms with Crippen molar-refractivity contribution in [2.24, 2.45) is 5.10 Å². The Balaban J connectivity index is 1.54. The van der Waals surface area contributed by atoms with Crippen LogP contribution in [0.1, 0.15) is 5.56 Å². The fourth-order valence-corrected chi connectivity index (χ4v) is 2.93. The van der Waals surface area contributed by atoms with Gasteiger partial charge in [-0.2, -0.15) is 20.1 Å². The van der Waals surface area contributed by atoms with Gasteiger partial charge < -0.3 is 19.3 Å². The summed E-state index contributed by atoms with van der Waals surface area (Å²) < 4.78 is 23.8. The summed E-state index contributed by atoms with van der Waals surface area (Å²) in [5.41, 5.74) is 3.63. The van der Waals surface area contributed by atoms with E-state index >= 15 is 0 Å². The summed E-state index contributed by atoms with van der Waals surface area (Å²) in [5.74, 6) is 1.27. The zero-order valence-electron chi connectivity index (χ0n) is 15.4. The van der Waals surface area contributed by atoms with Crippen molar-refractivity contribution in [3.8, 4) is 0 Å². The van der Waals surface area contributed by atoms with Gasteiger partial charge in [0.15, 0.2) is 0 Å². The molecule has 4 rings (SSSR count). The van der Waals surface area contributed by atoms with Gasteiger partial charge in [0.2, 0.25) is 17.8 Å². The largest absolute Gasteiger partial charge is 0.378 e. The summed E-state index contributed by atoms with van der Waals surface area (Å²) in [4.78, 5) is 17.8. The molecule has 0 bridgehead atoms. The Morgan fingerprint density at radius 2 is 1.39 bits per heavy atom. The molecule has 0 spiro atoms. The number of anilines is 3. The van der Waals surface area contributed by atoms with Gasteiger partial charge in [-0.25, -0.2) is 9.82 Å². The molecule has 0 saturated carbocycles. The van der Waals surface area contributed by atoms with Crippen molar-refractivity contribution in [2.75, 3.05) is 67.8 Å². The zero-order valence-corrected chi connectivity index (χ0v) is 15.4. The van der Waals surface area contributed by atoms with Crippen molar-refractivity contribution in [1.29, 1.82) is 0 Å². The van der Waals surface area contributed by atoms with Gasteiger partial charge >= 0.3 is 0 Å². The molecule has 2 aliphatic heterocycles. The second-order valence-electron chi connectivity index (χ2n) is 6.38. The Kier molecular flexibility index (Phi) is 5.88. The predicted molar refractivity (Wildman–Crippen MR) is 104 cm³/mol. The highest BCUT2D eigenvalue weighted by Gasteiger charge is 2.20. The first-order chi connectivity index (χ1) is 13.8. The highest BCUT2D eigenvalue weighted by Crippen LogP contribution is 2.18. The molecule has 1 N–H and O–H groups in total. The summed E-state index contributed by atoms with van der Waals surface area (Å²) in [7, 11) is 0. The Morgan fingerprint density at radius 1 is 0.857 bits per heavy atom. The molecule has 0 radical (unpaired) electrons. The minimum absolute atomic E-state index is 0.284. The summed E-state index contributed by atoms with van der Waals surface area (Å²) in [6.45, 7) is 5.48. The second kappa shape index (κ2) is 8.89. The number of morpholine rings is 2. The standard InChI is InChI=1S/C18H22FN7O2/c19-15-3-1-14(2-4-15)13-20-24-16-21-17(25-5-9-27-10-6-25)23-18(22-16)26-7-11-28-12-8-26/h1-4,13H,5-12H2,(H,21,22,23,24)/b20-13+. The smallest absolute Gasteiger partial charge is 0.250 e. The Labute approximate surface area is 162 Å². The molecule has 0 aliphatic carbocycles. The molecule has 2 aromatic rings. The van der Waals surface area contributed by atoms with Gasteiger partial charge in [-0.1, -0.05) is 12.1 Å². The third kappa shape index (κ3) is 4.70. The molecule has 3 heterocycles. The van der Waals surface area contributed by atoms with Crippen LogP contribution in [0.25, 0.3) is 0 Å². The van der Waals surface area contributed by atoms with Crippen LogP contribution in [-0.4, -0.2) is 73.8 Å². The molecule has 2 fully saturated rings. The van der Waals surface area contributed by atoms with Gasteiger partial charge in [0.25, 0.3) is 0 Å². The maximum atomic E-state index is 13.0. The molecule has 2 aliphatic rings. The van der Waals surface area contributed by atoms with E-state index in [1.807, 2.05) is 0 Å². The number of halogens is 1. The van der Waals surface area contributed by atoms with E-state index in [4.69, 9.17) is 9.47 Å². The summed E-state index contributed by atoms with van der Waals surface area (Å²) >= 11 is 0. The molecule has 2 saturated heterocycles. The van der Waals surface area contributed by atoms with Crippen molar-refractivity contribution in [1.82, 2.24) is 15.0 Å². The molecule has 28 heavy (non-hydrogen) atoms. The monoisotopic (exact) mass is 387 g/mol. The third-order valence-corrected chi connectivity index (χ3v) is 4.45. The Bertz CT molecular complexity index is 770. The zero-order chi connectivity index (χ0) is 19.2. The number of aromatic nitrogens is 3. The van der Waals surface area contributed by atoms with Crippen LogP contribution < -0.4 is 15.2 Å². The van der Waals surface area contributed by atoms with E-state index in [0.717, 1.165) is 31.7 Å². The molecule has 0 amide bonds. The van der Waals surface area contributed by atoms with E-state index in [0.29, 0.717) is 44.3 Å². The predicted octanol–water partition coefficient (Wildman–Crippen LogP) is 1.13. The molecule has 0 atom stereocenters. The number of hydrogen-bond acceptors (Lipinski definition) is 9. The number of rotatable bonds is 5. The first-order valence-corrected chi connectivity index (χ1v) is 9.24. The first-order valence-electron chi connectivity index (χ1n) is 9.24. The van der Waals surface area contributed by atoms with Gasteiger partial charge in [-0.15, -0.1) is 0 Å². The van der Waals surface area contributed by atoms with E-state index in [9.17, 15) is 4.39 Å². The molecule has 10 heteroatoms. The fourth-order valence-electron chi connectivity index (χ4n) is 2.93. The lowest BCUT2D eigenvalue weighted by atomic mass is 10.2. The molecule has 0 unspecified atom stereocenters. The molecule has 9 nitrogen and oxygen atoms in total. The average molecular weight is 387 g/mol. The van der Waals surface area contributed by atoms with Crippen molar-refractivity contribution in [3.63, 3.8) is 0 Å². The van der Waals surface area contributed by atoms with Crippen molar-refractivity contribution < 1.29 is 13.9 Å². The van der Waals surface area contributed by atoms with Crippen LogP contribution in [0.3, 0.4) is 0 Å². The summed E-state index contributed by atoms with van der Waals surface area (Å²) in [5, 5.41) is 4.18. The van der Waals surface area contributed by atoms with Gasteiger partial charge in [-0.05, 0) is 17.7 Å². The molecule has 148 valence electrons. The highest BCUT2D eigenvalue weighted by molar-refractivity contribution is 5.79. The van der Waals surface area contributed by atoms with Gasteiger partial charge in [-0.3, -0.25) is 0 Å². The molecular weight excluding hydrogens is 365 g/mol. The van der Waals surface area contributed by atoms with Gasteiger partial charge in [0.1, 0.15) is 5.82 Å². The number of ether oxygens (including phenoxy) is 2. The Hall–Kier alpha value is -2.85. The van der Waals surface area contributed by atoms with E-state index in [1.54, 1.807) is 18.3 Å². The highest BCUT2D eigenvalue weighted by atomic mass is 19.1. The van der Waals surface area contributed by atoms with Crippen molar-refractivity contribution >= 4 is 24.1 Å². The second-order valence-corrected chi connectivity index (χ2v) is 6.38. The maximum absolute atomic E-state index is 13.0. The lowest BCUT2D eigenvalue weighted by Gasteiger charge is -2.30. The quantitative estimate of drug-likeness (QED) is 0.604. The molecule has 1 aromatic heterocycles. The van der Waals surface area contributed by atoms with Crippen LogP contribution in [-0.2, 0) is 9.47 Å². The lowest BCUT2D eigenvalue weighted by Crippen LogP contribution is -2.40. The fraction of sp³-hybridized carbons (Fsp3) is 0.444. The van der Waals surface area contributed by atoms with E-state index < -0.39 is 0 Å². The third-order valence-electron chi connectivity index (χ3n) is 4.45. The van der Waals surface area contributed by atoms with Crippen LogP contribution in [0, 0.1) is 5.82 Å². The van der Waals surface area contributed by atoms with Crippen LogP contribution in [0.2, 0.25) is 0 Å². The number of nitrogens with zero attached hydrogens (tertiary/aromatic N) is 6. The van der Waals surface area contributed by atoms with Gasteiger partial charge in [0, 0.05) is 26.2 Å². The first kappa shape index (κ1) is 18.5. The van der Waals surface area contributed by atoms with E-state index in [1.165, 1.54) is 12.1 Å². The van der Waals surface area contributed by atoms with Crippen molar-refractivity contribution in [3.05, 3.63) is 35.6 Å². The van der Waals surface area contributed by atoms with Crippen LogP contribution in [0.4, 0.5) is 22.2 Å². The Morgan fingerprint density at radius 3 is 1.93 bits per heavy atom. The topological polar surface area (TPSA) is 88.0 Å². The average Bonchev–Trinajstić information content (AvgIpc) is 2.76. The van der Waals surface area contributed by atoms with Crippen molar-refractivity contribution in [2.45, 2.75) is 0 Å². The van der Waals surface area contributed by atoms with Crippen LogP contribution in [0.5, 0.6) is 0 Å². The maximum Gasteiger partial charge on any atom is 0.250 e. The number of nitrogens with one attached hydrogen (secondary N) is 1. The normalized spacial score (nSPS) is 17.9. The van der Waals surface area contributed by atoms with Crippen LogP contribution in [0.15, 0.2) is 29.4 Å². The number of hydrogen-bond donors (Lipinski definition) is 1. The van der Waals surface area contributed by atoms with Gasteiger partial charge in [0.05, 0.1) is 32.6 Å². The minimum atomic E-state index is -0.284. The summed E-state index contributed by atoms with van der Waals surface area (Å²) in [6.07, 6.45) is 1.59. The number of benzene rings is 1. The minimum Gasteiger partial charge on any atom is -0.378 e. The molecular formula is C18H22FN7O2. The SMILES string of the molecule is Fc1ccc(/C=N/Nc2nc(N3CCOCC3)nc(N3CCOCC3)n2)cc1. The van der Waals surface area contributed by atoms with Crippen LogP contribution >= 0.6 is 0 Å². The van der Waals surface area contributed by atoms with E-state index in [-0.39, 0.29) is 5.82 Å². The summed E-state index contributed by atoms with van der Waals surface area (Å²) in [6, 6.07) is 6.06.